The van der Waals surface area contributed by atoms with Crippen LogP contribution < -0.4 is 5.32 Å². The summed E-state index contributed by atoms with van der Waals surface area (Å²) < 4.78 is 1.78. The van der Waals surface area contributed by atoms with Crippen molar-refractivity contribution in [2.75, 3.05) is 6.54 Å². The number of carbonyl (C=O) groups excluding carboxylic acids is 1. The lowest BCUT2D eigenvalue weighted by Crippen LogP contribution is -2.31. The average molecular weight is 328 g/mol. The number of amides is 1. The van der Waals surface area contributed by atoms with Crippen LogP contribution >= 0.6 is 22.9 Å². The van der Waals surface area contributed by atoms with Crippen molar-refractivity contribution < 1.29 is 14.7 Å². The molecular formula is C13H14ClN3O3S. The van der Waals surface area contributed by atoms with Gasteiger partial charge >= 0.3 is 5.97 Å². The predicted octanol–water partition coefficient (Wildman–Crippen LogP) is 2.29. The van der Waals surface area contributed by atoms with E-state index < -0.39 is 11.9 Å². The number of rotatable bonds is 6. The molecule has 1 unspecified atom stereocenters. The van der Waals surface area contributed by atoms with Gasteiger partial charge in [0.1, 0.15) is 0 Å². The highest BCUT2D eigenvalue weighted by Crippen LogP contribution is 2.22. The normalized spacial score (nSPS) is 12.9. The molecule has 0 aliphatic carbocycles. The monoisotopic (exact) mass is 327 g/mol. The lowest BCUT2D eigenvalue weighted by atomic mass is 10.1. The van der Waals surface area contributed by atoms with Crippen molar-refractivity contribution in [1.82, 2.24) is 14.7 Å². The van der Waals surface area contributed by atoms with Crippen LogP contribution in [0.1, 0.15) is 19.0 Å². The van der Waals surface area contributed by atoms with Crippen LogP contribution in [0.15, 0.2) is 17.7 Å². The highest BCUT2D eigenvalue weighted by atomic mass is 35.5. The van der Waals surface area contributed by atoms with E-state index in [1.165, 1.54) is 17.4 Å². The summed E-state index contributed by atoms with van der Waals surface area (Å²) in [6.45, 7) is 1.86. The molecule has 0 aliphatic heterocycles. The van der Waals surface area contributed by atoms with Crippen LogP contribution in [0, 0.1) is 5.92 Å². The van der Waals surface area contributed by atoms with Gasteiger partial charge in [-0.05, 0) is 12.5 Å². The topological polar surface area (TPSA) is 83.7 Å². The molecule has 0 bridgehead atoms. The van der Waals surface area contributed by atoms with Crippen LogP contribution in [0.4, 0.5) is 0 Å². The molecule has 0 aromatic carbocycles. The van der Waals surface area contributed by atoms with Crippen molar-refractivity contribution in [2.45, 2.75) is 13.3 Å². The van der Waals surface area contributed by atoms with Crippen LogP contribution in [-0.2, 0) is 9.59 Å². The fourth-order valence-corrected chi connectivity index (χ4v) is 2.77. The molecule has 2 aromatic heterocycles. The van der Waals surface area contributed by atoms with Crippen LogP contribution in [0.5, 0.6) is 0 Å². The summed E-state index contributed by atoms with van der Waals surface area (Å²) in [5, 5.41) is 13.7. The Labute approximate surface area is 130 Å². The Bertz CT molecular complexity index is 692. The molecule has 112 valence electrons. The quantitative estimate of drug-likeness (QED) is 0.797. The Balaban J connectivity index is 2.00. The second kappa shape index (κ2) is 6.73. The summed E-state index contributed by atoms with van der Waals surface area (Å²) >= 11 is 7.44. The van der Waals surface area contributed by atoms with Gasteiger partial charge in [-0.1, -0.05) is 18.5 Å². The van der Waals surface area contributed by atoms with Crippen LogP contribution in [0.2, 0.25) is 5.15 Å². The molecule has 0 saturated carbocycles. The zero-order chi connectivity index (χ0) is 15.4. The van der Waals surface area contributed by atoms with E-state index in [4.69, 9.17) is 16.7 Å². The average Bonchev–Trinajstić information content (AvgIpc) is 2.97. The van der Waals surface area contributed by atoms with Crippen molar-refractivity contribution in [2.24, 2.45) is 5.92 Å². The van der Waals surface area contributed by atoms with Gasteiger partial charge in [0.2, 0.25) is 5.91 Å². The number of carbonyl (C=O) groups is 2. The van der Waals surface area contributed by atoms with Crippen molar-refractivity contribution >= 4 is 45.9 Å². The third kappa shape index (κ3) is 3.62. The van der Waals surface area contributed by atoms with Gasteiger partial charge in [0, 0.05) is 24.2 Å². The van der Waals surface area contributed by atoms with E-state index in [9.17, 15) is 9.59 Å². The molecule has 6 nitrogen and oxygen atoms in total. The number of thiazole rings is 1. The summed E-state index contributed by atoms with van der Waals surface area (Å²) in [5.41, 5.74) is 0.619. The van der Waals surface area contributed by atoms with E-state index in [0.717, 1.165) is 4.96 Å². The van der Waals surface area contributed by atoms with Gasteiger partial charge in [-0.15, -0.1) is 11.3 Å². The number of halogens is 1. The third-order valence-electron chi connectivity index (χ3n) is 3.01. The molecule has 2 aromatic rings. The minimum Gasteiger partial charge on any atom is -0.481 e. The largest absolute Gasteiger partial charge is 0.481 e. The van der Waals surface area contributed by atoms with E-state index in [-0.39, 0.29) is 12.5 Å². The first kappa shape index (κ1) is 15.5. The van der Waals surface area contributed by atoms with E-state index in [0.29, 0.717) is 17.3 Å². The molecule has 0 aliphatic rings. The number of hydrogen-bond donors (Lipinski definition) is 2. The highest BCUT2D eigenvalue weighted by Gasteiger charge is 2.15. The molecule has 2 heterocycles. The van der Waals surface area contributed by atoms with Gasteiger partial charge in [0.05, 0.1) is 11.6 Å². The van der Waals surface area contributed by atoms with Gasteiger partial charge in [-0.3, -0.25) is 14.0 Å². The van der Waals surface area contributed by atoms with E-state index in [2.05, 4.69) is 10.3 Å². The van der Waals surface area contributed by atoms with Crippen molar-refractivity contribution in [3.63, 3.8) is 0 Å². The van der Waals surface area contributed by atoms with E-state index >= 15 is 0 Å². The number of aliphatic carboxylic acids is 1. The Morgan fingerprint density at radius 2 is 2.38 bits per heavy atom. The number of nitrogens with zero attached hydrogens (tertiary/aromatic N) is 2. The first-order valence-electron chi connectivity index (χ1n) is 6.32. The molecule has 0 radical (unpaired) electrons. The van der Waals surface area contributed by atoms with Gasteiger partial charge in [0.25, 0.3) is 0 Å². The fraction of sp³-hybridized carbons (Fsp3) is 0.308. The van der Waals surface area contributed by atoms with Crippen LogP contribution in [-0.4, -0.2) is 32.9 Å². The summed E-state index contributed by atoms with van der Waals surface area (Å²) in [5.74, 6) is -1.86. The summed E-state index contributed by atoms with van der Waals surface area (Å²) in [6.07, 6.45) is 5.16. The Hall–Kier alpha value is -1.86. The third-order valence-corrected chi connectivity index (χ3v) is 4.05. The second-order valence-corrected chi connectivity index (χ2v) is 5.60. The summed E-state index contributed by atoms with van der Waals surface area (Å²) in [4.78, 5) is 27.5. The molecule has 2 rings (SSSR count). The van der Waals surface area contributed by atoms with Crippen molar-refractivity contribution in [1.29, 1.82) is 0 Å². The van der Waals surface area contributed by atoms with Gasteiger partial charge < -0.3 is 10.4 Å². The Kier molecular flexibility index (Phi) is 4.98. The standard InChI is InChI=1S/C13H14ClN3O3S/c1-2-8(12(19)20)7-15-10(18)4-3-9-11(14)16-13-17(9)5-6-21-13/h3-6,8H,2,7H2,1H3,(H,15,18)(H,19,20). The molecule has 1 atom stereocenters. The molecule has 0 fully saturated rings. The lowest BCUT2D eigenvalue weighted by molar-refractivity contribution is -0.141. The number of imidazole rings is 1. The van der Waals surface area contributed by atoms with Crippen molar-refractivity contribution in [3.05, 3.63) is 28.5 Å². The molecular weight excluding hydrogens is 314 g/mol. The maximum atomic E-state index is 11.7. The molecule has 2 N–H and O–H groups in total. The number of carboxylic acids is 1. The van der Waals surface area contributed by atoms with E-state index in [1.54, 1.807) is 17.4 Å². The molecule has 8 heteroatoms. The number of carboxylic acid groups (broad SMARTS) is 1. The van der Waals surface area contributed by atoms with Crippen LogP contribution in [0.25, 0.3) is 11.0 Å². The highest BCUT2D eigenvalue weighted by molar-refractivity contribution is 7.15. The van der Waals surface area contributed by atoms with Gasteiger partial charge in [-0.2, -0.15) is 0 Å². The second-order valence-electron chi connectivity index (χ2n) is 4.37. The van der Waals surface area contributed by atoms with E-state index in [1.807, 2.05) is 11.6 Å². The van der Waals surface area contributed by atoms with Gasteiger partial charge in [-0.25, -0.2) is 4.98 Å². The first-order chi connectivity index (χ1) is 10.0. The minimum absolute atomic E-state index is 0.100. The molecule has 21 heavy (non-hydrogen) atoms. The number of hydrogen-bond acceptors (Lipinski definition) is 4. The SMILES string of the molecule is CCC(CNC(=O)C=Cc1c(Cl)nc2sccn12)C(=O)O. The molecule has 0 spiro atoms. The number of nitrogens with one attached hydrogen (secondary N) is 1. The summed E-state index contributed by atoms with van der Waals surface area (Å²) in [6, 6.07) is 0. The molecule has 1 amide bonds. The Morgan fingerprint density at radius 1 is 1.62 bits per heavy atom. The molecule has 0 saturated heterocycles. The van der Waals surface area contributed by atoms with Crippen molar-refractivity contribution in [3.8, 4) is 0 Å². The zero-order valence-corrected chi connectivity index (χ0v) is 12.8. The first-order valence-corrected chi connectivity index (χ1v) is 7.58. The minimum atomic E-state index is -0.916. The smallest absolute Gasteiger partial charge is 0.308 e. The predicted molar refractivity (Wildman–Crippen MR) is 81.5 cm³/mol. The Morgan fingerprint density at radius 3 is 3.05 bits per heavy atom. The summed E-state index contributed by atoms with van der Waals surface area (Å²) in [7, 11) is 0. The maximum absolute atomic E-state index is 11.7. The van der Waals surface area contributed by atoms with Crippen LogP contribution in [0.3, 0.4) is 0 Å². The lowest BCUT2D eigenvalue weighted by Gasteiger charge is -2.09. The zero-order valence-electron chi connectivity index (χ0n) is 11.2. The number of fused-ring (bicyclic) bond motifs is 1. The number of aromatic nitrogens is 2. The fourth-order valence-electron chi connectivity index (χ4n) is 1.77. The maximum Gasteiger partial charge on any atom is 0.308 e. The van der Waals surface area contributed by atoms with Gasteiger partial charge in [0.15, 0.2) is 10.1 Å².